The van der Waals surface area contributed by atoms with Crippen LogP contribution >= 0.6 is 0 Å². The van der Waals surface area contributed by atoms with E-state index in [0.717, 1.165) is 0 Å². The maximum atomic E-state index is 13.4. The van der Waals surface area contributed by atoms with Crippen LogP contribution in [0, 0.1) is 11.8 Å². The molecule has 38 heavy (non-hydrogen) atoms. The zero-order chi connectivity index (χ0) is 28.1. The number of likely N-dealkylation sites (tertiary alicyclic amines) is 1. The number of hydrogen-bond acceptors (Lipinski definition) is 7. The fraction of sp³-hybridized carbons (Fsp3) is 0.538. The number of para-hydroxylation sites is 2. The molecule has 12 heteroatoms. The second-order valence-corrected chi connectivity index (χ2v) is 10.2. The van der Waals surface area contributed by atoms with E-state index >= 15 is 0 Å². The van der Waals surface area contributed by atoms with Gasteiger partial charge in [0, 0.05) is 6.54 Å². The van der Waals surface area contributed by atoms with Gasteiger partial charge in [-0.15, -0.1) is 0 Å². The van der Waals surface area contributed by atoms with Crippen molar-refractivity contribution in [2.75, 3.05) is 6.54 Å². The van der Waals surface area contributed by atoms with Crippen molar-refractivity contribution in [3.8, 4) is 0 Å². The van der Waals surface area contributed by atoms with Gasteiger partial charge in [-0.25, -0.2) is 9.78 Å². The smallest absolute Gasteiger partial charge is 0.325 e. The van der Waals surface area contributed by atoms with Gasteiger partial charge >= 0.3 is 12.0 Å². The lowest BCUT2D eigenvalue weighted by Gasteiger charge is -2.31. The summed E-state index contributed by atoms with van der Waals surface area (Å²) in [6.07, 6.45) is 0.967. The van der Waals surface area contributed by atoms with Crippen LogP contribution in [0.15, 0.2) is 28.7 Å². The molecule has 4 N–H and O–H groups in total. The third-order valence-corrected chi connectivity index (χ3v) is 6.53. The molecular weight excluding hydrogens is 494 g/mol. The van der Waals surface area contributed by atoms with E-state index in [0.29, 0.717) is 30.5 Å². The number of aliphatic carboxylic acids is 1. The summed E-state index contributed by atoms with van der Waals surface area (Å²) in [6.45, 7) is 8.67. The number of urea groups is 1. The number of carbonyl (C=O) groups is 5. The van der Waals surface area contributed by atoms with E-state index in [1.165, 1.54) is 11.8 Å². The minimum atomic E-state index is -1.21. The van der Waals surface area contributed by atoms with Gasteiger partial charge in [0.15, 0.2) is 5.58 Å². The Balaban J connectivity index is 1.73. The maximum absolute atomic E-state index is 13.4. The van der Waals surface area contributed by atoms with Crippen LogP contribution in [-0.2, 0) is 14.4 Å². The predicted octanol–water partition coefficient (Wildman–Crippen LogP) is 1.94. The summed E-state index contributed by atoms with van der Waals surface area (Å²) in [4.78, 5) is 69.0. The Labute approximate surface area is 220 Å². The maximum Gasteiger partial charge on any atom is 0.325 e. The molecule has 0 aliphatic carbocycles. The molecule has 1 aromatic carbocycles. The van der Waals surface area contributed by atoms with Gasteiger partial charge in [-0.2, -0.15) is 0 Å². The van der Waals surface area contributed by atoms with Crippen LogP contribution in [0.5, 0.6) is 0 Å². The number of carboxylic acids is 1. The molecule has 2 heterocycles. The zero-order valence-corrected chi connectivity index (χ0v) is 22.2. The standard InChI is InChI=1S/C26H35N5O7/c1-13(2)19(21(32)23-28-16-9-6-7-11-18(16)38-23)29-22(33)17-10-8-12-31(17)24(34)20(14(3)4)30-26(37)27-15(5)25(35)36/h6-7,9,11,13-15,17,19-20H,8,10,12H2,1-5H3,(H,29,33)(H,35,36)(H2,27,30,37)/t15-,17-,19-,20-/m0/s1. The van der Waals surface area contributed by atoms with Gasteiger partial charge in [0.1, 0.15) is 23.6 Å². The predicted molar refractivity (Wildman–Crippen MR) is 137 cm³/mol. The van der Waals surface area contributed by atoms with E-state index in [-0.39, 0.29) is 17.7 Å². The highest BCUT2D eigenvalue weighted by atomic mass is 16.4. The van der Waals surface area contributed by atoms with Crippen molar-refractivity contribution in [2.24, 2.45) is 11.8 Å². The number of ketones is 1. The largest absolute Gasteiger partial charge is 0.480 e. The summed E-state index contributed by atoms with van der Waals surface area (Å²) in [7, 11) is 0. The highest BCUT2D eigenvalue weighted by molar-refractivity contribution is 6.01. The van der Waals surface area contributed by atoms with Crippen molar-refractivity contribution in [1.29, 1.82) is 0 Å². The van der Waals surface area contributed by atoms with Crippen molar-refractivity contribution < 1.29 is 33.5 Å². The second-order valence-electron chi connectivity index (χ2n) is 10.2. The third kappa shape index (κ3) is 6.48. The Hall–Kier alpha value is -3.96. The number of rotatable bonds is 10. The Kier molecular flexibility index (Phi) is 9.08. The molecule has 1 fully saturated rings. The molecule has 206 valence electrons. The Morgan fingerprint density at radius 3 is 2.24 bits per heavy atom. The number of aromatic nitrogens is 1. The molecule has 1 aliphatic heterocycles. The molecular formula is C26H35N5O7. The van der Waals surface area contributed by atoms with Crippen molar-refractivity contribution in [3.05, 3.63) is 30.2 Å². The molecule has 12 nitrogen and oxygen atoms in total. The van der Waals surface area contributed by atoms with Gasteiger partial charge in [-0.3, -0.25) is 19.2 Å². The zero-order valence-electron chi connectivity index (χ0n) is 22.2. The molecule has 0 spiro atoms. The quantitative estimate of drug-likeness (QED) is 0.338. The van der Waals surface area contributed by atoms with Gasteiger partial charge in [0.25, 0.3) is 5.89 Å². The fourth-order valence-electron chi connectivity index (χ4n) is 4.33. The van der Waals surface area contributed by atoms with Crippen LogP contribution < -0.4 is 16.0 Å². The van der Waals surface area contributed by atoms with E-state index in [4.69, 9.17) is 9.52 Å². The van der Waals surface area contributed by atoms with E-state index in [9.17, 15) is 24.0 Å². The number of nitrogens with zero attached hydrogens (tertiary/aromatic N) is 2. The van der Waals surface area contributed by atoms with Crippen molar-refractivity contribution >= 4 is 40.7 Å². The van der Waals surface area contributed by atoms with E-state index < -0.39 is 53.8 Å². The molecule has 0 bridgehead atoms. The van der Waals surface area contributed by atoms with Crippen molar-refractivity contribution in [2.45, 2.75) is 71.6 Å². The first-order valence-electron chi connectivity index (χ1n) is 12.7. The number of oxazole rings is 1. The minimum Gasteiger partial charge on any atom is -0.480 e. The first-order valence-corrected chi connectivity index (χ1v) is 12.7. The molecule has 0 unspecified atom stereocenters. The second kappa shape index (κ2) is 12.1. The van der Waals surface area contributed by atoms with Gasteiger partial charge in [-0.05, 0) is 43.7 Å². The van der Waals surface area contributed by atoms with E-state index in [2.05, 4.69) is 20.9 Å². The van der Waals surface area contributed by atoms with Crippen molar-refractivity contribution in [3.63, 3.8) is 0 Å². The molecule has 1 aromatic heterocycles. The van der Waals surface area contributed by atoms with Gasteiger partial charge in [0.05, 0.1) is 6.04 Å². The molecule has 4 atom stereocenters. The topological polar surface area (TPSA) is 171 Å². The average molecular weight is 530 g/mol. The normalized spacial score (nSPS) is 17.8. The summed E-state index contributed by atoms with van der Waals surface area (Å²) in [5, 5.41) is 16.6. The first-order chi connectivity index (χ1) is 17.9. The Morgan fingerprint density at radius 2 is 1.63 bits per heavy atom. The van der Waals surface area contributed by atoms with Gasteiger partial charge in [0.2, 0.25) is 17.6 Å². The third-order valence-electron chi connectivity index (χ3n) is 6.53. The van der Waals surface area contributed by atoms with Gasteiger partial charge in [-0.1, -0.05) is 39.8 Å². The summed E-state index contributed by atoms with van der Waals surface area (Å²) < 4.78 is 5.60. The van der Waals surface area contributed by atoms with Crippen LogP contribution in [0.25, 0.3) is 11.1 Å². The number of benzene rings is 1. The number of hydrogen-bond donors (Lipinski definition) is 4. The minimum absolute atomic E-state index is 0.102. The van der Waals surface area contributed by atoms with Crippen LogP contribution in [0.3, 0.4) is 0 Å². The van der Waals surface area contributed by atoms with Gasteiger partial charge < -0.3 is 30.4 Å². The molecule has 0 saturated carbocycles. The number of carbonyl (C=O) groups excluding carboxylic acids is 4. The lowest BCUT2D eigenvalue weighted by atomic mass is 9.98. The van der Waals surface area contributed by atoms with E-state index in [1.807, 2.05) is 0 Å². The van der Waals surface area contributed by atoms with Crippen LogP contribution in [0.1, 0.15) is 58.1 Å². The number of amides is 4. The first kappa shape index (κ1) is 28.6. The molecule has 4 amide bonds. The van der Waals surface area contributed by atoms with Crippen molar-refractivity contribution in [1.82, 2.24) is 25.8 Å². The lowest BCUT2D eigenvalue weighted by molar-refractivity contribution is -0.140. The highest BCUT2D eigenvalue weighted by Crippen LogP contribution is 2.22. The van der Waals surface area contributed by atoms with E-state index in [1.54, 1.807) is 52.0 Å². The SMILES string of the molecule is CC(C)[C@H](NC(=O)[C@@H]1CCCN1C(=O)[C@@H](NC(=O)N[C@@H](C)C(=O)O)C(C)C)C(=O)c1nc2ccccc2o1. The molecule has 3 rings (SSSR count). The fourth-order valence-corrected chi connectivity index (χ4v) is 4.33. The number of nitrogens with one attached hydrogen (secondary N) is 3. The molecule has 2 aromatic rings. The Morgan fingerprint density at radius 1 is 0.974 bits per heavy atom. The number of carboxylic acid groups (broad SMARTS) is 1. The lowest BCUT2D eigenvalue weighted by Crippen LogP contribution is -2.58. The summed E-state index contributed by atoms with van der Waals surface area (Å²) in [5.41, 5.74) is 0.998. The van der Waals surface area contributed by atoms with Crippen LogP contribution in [-0.4, -0.2) is 75.3 Å². The number of Topliss-reactive ketones (excluding diaryl/α,β-unsaturated/α-hetero) is 1. The summed E-state index contributed by atoms with van der Waals surface area (Å²) in [5.74, 6) is -3.33. The molecule has 1 saturated heterocycles. The highest BCUT2D eigenvalue weighted by Gasteiger charge is 2.40. The van der Waals surface area contributed by atoms with Crippen LogP contribution in [0.2, 0.25) is 0 Å². The Bertz CT molecular complexity index is 1170. The summed E-state index contributed by atoms with van der Waals surface area (Å²) in [6, 6.07) is 2.30. The average Bonchev–Trinajstić information content (AvgIpc) is 3.52. The number of fused-ring (bicyclic) bond motifs is 1. The monoisotopic (exact) mass is 529 g/mol. The molecule has 0 radical (unpaired) electrons. The summed E-state index contributed by atoms with van der Waals surface area (Å²) >= 11 is 0. The van der Waals surface area contributed by atoms with Crippen LogP contribution in [0.4, 0.5) is 4.79 Å². The molecule has 1 aliphatic rings.